The highest BCUT2D eigenvalue weighted by Gasteiger charge is 2.30. The number of carbonyl (C=O) groups is 5. The molecule has 0 spiro atoms. The molecule has 11 N–H and O–H groups in total. The molecule has 33 heteroatoms. The van der Waals surface area contributed by atoms with Crippen LogP contribution < -0.4 is 28.0 Å². The van der Waals surface area contributed by atoms with Gasteiger partial charge in [-0.2, -0.15) is 0 Å². The van der Waals surface area contributed by atoms with Crippen molar-refractivity contribution in [2.24, 2.45) is 0 Å². The molecule has 12 aromatic rings. The van der Waals surface area contributed by atoms with Crippen molar-refractivity contribution in [2.75, 3.05) is 43.8 Å². The Kier molecular flexibility index (Phi) is 22.3. The van der Waals surface area contributed by atoms with Crippen molar-refractivity contribution < 1.29 is 78.4 Å². The molecule has 0 aliphatic carbocycles. The summed E-state index contributed by atoms with van der Waals surface area (Å²) in [5.41, 5.74) is 16.0. The zero-order valence-corrected chi connectivity index (χ0v) is 53.1. The summed E-state index contributed by atoms with van der Waals surface area (Å²) < 4.78 is 132. The summed E-state index contributed by atoms with van der Waals surface area (Å²) in [4.78, 5) is 81.6. The number of nitrogens with zero attached hydrogens (tertiary/aromatic N) is 5. The first kappa shape index (κ1) is 72.8. The van der Waals surface area contributed by atoms with Crippen molar-refractivity contribution >= 4 is 143 Å². The Morgan fingerprint density at radius 2 is 0.786 bits per heavy atom. The first-order valence-corrected chi connectivity index (χ1v) is 29.3. The van der Waals surface area contributed by atoms with Gasteiger partial charge in [-0.1, -0.05) is 91.4 Å². The number of benzene rings is 4. The fourth-order valence-corrected chi connectivity index (χ4v) is 10.3. The lowest BCUT2D eigenvalue weighted by Crippen LogP contribution is -2.25. The lowest BCUT2D eigenvalue weighted by atomic mass is 10.1. The zero-order valence-electron chi connectivity index (χ0n) is 50.1. The minimum atomic E-state index is -1.74. The molecule has 21 nitrogen and oxygen atoms in total. The summed E-state index contributed by atoms with van der Waals surface area (Å²) >= 11 is 23.2. The standard InChI is InChI=1S/C18H16ClF2N3O2.C17H12ClF2N3O3.C15H10ClF2N3O2.C14H8ClF2N3O2.CH4/c1-2-3-8-26-18(25)17-11(19)14(22)13(21)16(24-17)10-5-4-9-6-7-23-15(9)12(10)20;1-7(24)23-6-5-8-3-4-9(11(19)16(8)23)14-12(20)13(21)10(18)15(22-14)17(25)26-2;1-23-15(22)14-8(16)11(19)10(18)13(21-14)7-3-2-6-4-5-20-12(6)9(7)17;15-7-10(18)9(17)12(20-13(7)14(21)22)6-2-1-5-3-4-19-11(5)8(6)16;/h4-7,23H,2-3,8H2,1H3,(H2,22,24);3-6H,1-2H3,(H2,21,22);2-5,20H,1H3,(H2,19,21);1-4,19H,(H2,18,20)(H,21,22);1H4/p-1. The number of methoxy groups -OCH3 is 2. The Bertz CT molecular complexity index is 5200. The molecule has 12 rings (SSSR count). The molecule has 0 aliphatic heterocycles. The molecular weight excluding hydrogens is 1390 g/mol. The summed E-state index contributed by atoms with van der Waals surface area (Å²) in [6.45, 7) is 3.37. The van der Waals surface area contributed by atoms with Crippen molar-refractivity contribution in [3.8, 4) is 45.0 Å². The normalized spacial score (nSPS) is 10.9. The molecule has 0 saturated carbocycles. The van der Waals surface area contributed by atoms with Gasteiger partial charge in [-0.15, -0.1) is 0 Å². The topological polar surface area (TPSA) is 344 Å². The van der Waals surface area contributed by atoms with Crippen LogP contribution in [0, 0.1) is 46.5 Å². The molecule has 0 bridgehead atoms. The molecule has 8 heterocycles. The molecule has 4 aromatic carbocycles. The van der Waals surface area contributed by atoms with Crippen molar-refractivity contribution in [2.45, 2.75) is 34.1 Å². The molecule has 98 heavy (non-hydrogen) atoms. The van der Waals surface area contributed by atoms with E-state index >= 15 is 4.39 Å². The van der Waals surface area contributed by atoms with Crippen molar-refractivity contribution in [3.05, 3.63) is 187 Å². The van der Waals surface area contributed by atoms with Crippen LogP contribution in [0.15, 0.2) is 97.6 Å². The SMILES string of the molecule is C.CCCCOC(=O)c1nc(-c2ccc3cc[nH]c3c2F)c(F)c(N)c1Cl.COC(=O)c1nc(-c2ccc3cc[nH]c3c2F)c(F)c(N)c1Cl.COC(=O)c1nc(-c2ccc3ccn(C(C)=O)c3c2F)c(F)c(N)c1Cl.Nc1c(F)c(-c2ccc3cc[nH]c3c2F)nc(C(=O)[O-])c1Cl. The number of halogens is 12. The number of pyridine rings is 4. The van der Waals surface area contributed by atoms with Gasteiger partial charge < -0.3 is 62.0 Å². The predicted octanol–water partition coefficient (Wildman–Crippen LogP) is 14.6. The van der Waals surface area contributed by atoms with Crippen LogP contribution in [-0.4, -0.2) is 90.1 Å². The highest BCUT2D eigenvalue weighted by Crippen LogP contribution is 2.40. The molecule has 0 amide bonds. The summed E-state index contributed by atoms with van der Waals surface area (Å²) in [5.74, 6) is -12.1. The fraction of sp³-hybridized carbons (Fsp3) is 0.123. The highest BCUT2D eigenvalue weighted by atomic mass is 35.5. The van der Waals surface area contributed by atoms with E-state index in [1.165, 1.54) is 55.7 Å². The minimum Gasteiger partial charge on any atom is -0.543 e. The summed E-state index contributed by atoms with van der Waals surface area (Å²) in [7, 11) is 2.21. The Morgan fingerprint density at radius 3 is 1.11 bits per heavy atom. The van der Waals surface area contributed by atoms with Crippen LogP contribution in [0.1, 0.15) is 80.9 Å². The smallest absolute Gasteiger partial charge is 0.358 e. The number of esters is 3. The molecule has 0 fully saturated rings. The predicted molar refractivity (Wildman–Crippen MR) is 352 cm³/mol. The van der Waals surface area contributed by atoms with E-state index in [1.54, 1.807) is 48.8 Å². The maximum Gasteiger partial charge on any atom is 0.358 e. The largest absolute Gasteiger partial charge is 0.543 e. The van der Waals surface area contributed by atoms with Crippen LogP contribution in [0.4, 0.5) is 57.9 Å². The van der Waals surface area contributed by atoms with Gasteiger partial charge >= 0.3 is 17.9 Å². The monoisotopic (exact) mass is 1430 g/mol. The van der Waals surface area contributed by atoms with Crippen LogP contribution in [0.3, 0.4) is 0 Å². The zero-order chi connectivity index (χ0) is 70.8. The lowest BCUT2D eigenvalue weighted by Gasteiger charge is -2.12. The number of carbonyl (C=O) groups excluding carboxylic acids is 5. The van der Waals surface area contributed by atoms with Crippen LogP contribution in [0.5, 0.6) is 0 Å². The van der Waals surface area contributed by atoms with E-state index in [9.17, 15) is 59.8 Å². The number of aromatic amines is 3. The number of hydrogen-bond acceptors (Lipinski definition) is 17. The van der Waals surface area contributed by atoms with Gasteiger partial charge in [-0.05, 0) is 55.0 Å². The Labute approximate surface area is 567 Å². The third-order valence-corrected chi connectivity index (χ3v) is 16.0. The third-order valence-electron chi connectivity index (χ3n) is 14.5. The number of carboxylic acid groups (broad SMARTS) is 1. The Balaban J connectivity index is 0.000000166. The molecule has 0 unspecified atom stereocenters. The number of ether oxygens (including phenoxy) is 3. The number of nitrogens with one attached hydrogen (secondary N) is 3. The minimum absolute atomic E-state index is 0. The molecular formula is C65H49Cl4F8N12O9-. The lowest BCUT2D eigenvalue weighted by molar-refractivity contribution is -0.255. The summed E-state index contributed by atoms with van der Waals surface area (Å²) in [6.07, 6.45) is 7.52. The van der Waals surface area contributed by atoms with Crippen LogP contribution >= 0.6 is 46.4 Å². The van der Waals surface area contributed by atoms with Gasteiger partial charge in [0.15, 0.2) is 63.6 Å². The van der Waals surface area contributed by atoms with E-state index in [0.29, 0.717) is 28.0 Å². The van der Waals surface area contributed by atoms with Crippen LogP contribution in [-0.2, 0) is 14.2 Å². The average Bonchev–Trinajstić information content (AvgIpc) is 1.37. The second kappa shape index (κ2) is 30.0. The van der Waals surface area contributed by atoms with Gasteiger partial charge in [0.1, 0.15) is 28.5 Å². The molecule has 508 valence electrons. The first-order valence-electron chi connectivity index (χ1n) is 27.8. The molecule has 0 radical (unpaired) electrons. The fourth-order valence-electron chi connectivity index (χ4n) is 9.53. The Hall–Kier alpha value is -11.0. The number of anilines is 4. The number of carboxylic acids is 1. The van der Waals surface area contributed by atoms with Crippen LogP contribution in [0.2, 0.25) is 20.1 Å². The van der Waals surface area contributed by atoms with E-state index in [1.807, 2.05) is 6.92 Å². The number of rotatable bonds is 11. The maximum absolute atomic E-state index is 15.1. The van der Waals surface area contributed by atoms with Gasteiger partial charge in [-0.3, -0.25) is 9.36 Å². The van der Waals surface area contributed by atoms with Gasteiger partial charge in [0, 0.05) is 75.5 Å². The number of aromatic nitrogens is 8. The number of nitrogen functional groups attached to an aromatic ring is 4. The van der Waals surface area contributed by atoms with Crippen molar-refractivity contribution in [3.63, 3.8) is 0 Å². The number of H-pyrrole nitrogens is 3. The van der Waals surface area contributed by atoms with E-state index in [4.69, 9.17) is 74.1 Å². The third kappa shape index (κ3) is 13.7. The number of hydrogen-bond donors (Lipinski definition) is 7. The quantitative estimate of drug-likeness (QED) is 0.0274. The molecule has 0 atom stereocenters. The van der Waals surface area contributed by atoms with Gasteiger partial charge in [0.25, 0.3) is 0 Å². The van der Waals surface area contributed by atoms with E-state index < -0.39 is 143 Å². The second-order valence-corrected chi connectivity index (χ2v) is 21.9. The van der Waals surface area contributed by atoms with Crippen molar-refractivity contribution in [1.29, 1.82) is 0 Å². The molecule has 8 aromatic heterocycles. The van der Waals surface area contributed by atoms with E-state index in [0.717, 1.165) is 25.2 Å². The van der Waals surface area contributed by atoms with E-state index in [-0.39, 0.29) is 79.8 Å². The highest BCUT2D eigenvalue weighted by molar-refractivity contribution is 6.37. The number of fused-ring (bicyclic) bond motifs is 4. The van der Waals surface area contributed by atoms with Gasteiger partial charge in [-0.25, -0.2) is 69.4 Å². The number of nitrogens with two attached hydrogens (primary N) is 4. The maximum atomic E-state index is 15.1. The molecule has 0 saturated heterocycles. The van der Waals surface area contributed by atoms with Crippen molar-refractivity contribution in [1.82, 2.24) is 39.5 Å². The molecule has 0 aliphatic rings. The summed E-state index contributed by atoms with van der Waals surface area (Å²) in [5, 5.41) is 11.5. The van der Waals surface area contributed by atoms with Gasteiger partial charge in [0.05, 0.1) is 91.7 Å². The van der Waals surface area contributed by atoms with E-state index in [2.05, 4.69) is 44.4 Å². The van der Waals surface area contributed by atoms with Crippen LogP contribution in [0.25, 0.3) is 88.6 Å². The first-order chi connectivity index (χ1) is 46.1. The number of aromatic carboxylic acids is 1. The Morgan fingerprint density at radius 1 is 0.469 bits per heavy atom. The van der Waals surface area contributed by atoms with Gasteiger partial charge in [0.2, 0.25) is 5.91 Å². The summed E-state index contributed by atoms with van der Waals surface area (Å²) in [6, 6.07) is 18.0. The average molecular weight is 1440 g/mol. The number of unbranched alkanes of at least 4 members (excludes halogenated alkanes) is 1. The second-order valence-electron chi connectivity index (χ2n) is 20.3.